The first-order valence-corrected chi connectivity index (χ1v) is 3.61. The molecule has 0 heterocycles. The lowest BCUT2D eigenvalue weighted by atomic mass is 9.89. The van der Waals surface area contributed by atoms with Crippen LogP contribution in [0.5, 0.6) is 0 Å². The van der Waals surface area contributed by atoms with E-state index in [9.17, 15) is 9.59 Å². The Bertz CT molecular complexity index is 174. The maximum Gasteiger partial charge on any atom is 0.148 e. The Balaban J connectivity index is 2.83. The van der Waals surface area contributed by atoms with Crippen molar-refractivity contribution in [3.05, 3.63) is 0 Å². The lowest BCUT2D eigenvalue weighted by Crippen LogP contribution is -2.25. The average molecular weight is 140 g/mol. The quantitative estimate of drug-likeness (QED) is 0.405. The molecule has 0 amide bonds. The highest BCUT2D eigenvalue weighted by Gasteiger charge is 2.41. The standard InChI is InChI=1S/C8H12O2/c1-6-3-4-8(2,5-9)7(6)10/h5-6H,3-4H2,1-2H3. The summed E-state index contributed by atoms with van der Waals surface area (Å²) in [6, 6.07) is 0. The first-order chi connectivity index (χ1) is 4.60. The molecule has 1 rings (SSSR count). The van der Waals surface area contributed by atoms with E-state index in [4.69, 9.17) is 0 Å². The van der Waals surface area contributed by atoms with Crippen molar-refractivity contribution in [2.24, 2.45) is 11.3 Å². The van der Waals surface area contributed by atoms with Gasteiger partial charge in [-0.15, -0.1) is 0 Å². The highest BCUT2D eigenvalue weighted by Crippen LogP contribution is 2.35. The van der Waals surface area contributed by atoms with Gasteiger partial charge in [0.1, 0.15) is 12.1 Å². The molecule has 56 valence electrons. The predicted octanol–water partition coefficient (Wildman–Crippen LogP) is 1.19. The van der Waals surface area contributed by atoms with Crippen molar-refractivity contribution in [2.45, 2.75) is 26.7 Å². The van der Waals surface area contributed by atoms with Crippen LogP contribution in [0.15, 0.2) is 0 Å². The summed E-state index contributed by atoms with van der Waals surface area (Å²) in [7, 11) is 0. The molecule has 1 aliphatic rings. The van der Waals surface area contributed by atoms with Crippen LogP contribution in [0.1, 0.15) is 26.7 Å². The monoisotopic (exact) mass is 140 g/mol. The van der Waals surface area contributed by atoms with Gasteiger partial charge in [-0.05, 0) is 19.8 Å². The average Bonchev–Trinajstić information content (AvgIpc) is 2.19. The van der Waals surface area contributed by atoms with Crippen molar-refractivity contribution in [1.29, 1.82) is 0 Å². The van der Waals surface area contributed by atoms with Crippen molar-refractivity contribution in [3.8, 4) is 0 Å². The fraction of sp³-hybridized carbons (Fsp3) is 0.750. The number of hydrogen-bond acceptors (Lipinski definition) is 2. The largest absolute Gasteiger partial charge is 0.302 e. The van der Waals surface area contributed by atoms with E-state index in [1.165, 1.54) is 0 Å². The maximum atomic E-state index is 11.2. The second-order valence-electron chi connectivity index (χ2n) is 3.34. The Labute approximate surface area is 60.6 Å². The Morgan fingerprint density at radius 2 is 2.30 bits per heavy atom. The van der Waals surface area contributed by atoms with E-state index >= 15 is 0 Å². The molecule has 2 atom stereocenters. The summed E-state index contributed by atoms with van der Waals surface area (Å²) in [5.74, 6) is 0.206. The minimum Gasteiger partial charge on any atom is -0.302 e. The van der Waals surface area contributed by atoms with Gasteiger partial charge in [-0.25, -0.2) is 0 Å². The van der Waals surface area contributed by atoms with E-state index in [0.717, 1.165) is 19.1 Å². The molecule has 1 saturated carbocycles. The minimum atomic E-state index is -0.653. The number of rotatable bonds is 1. The highest BCUT2D eigenvalue weighted by molar-refractivity contribution is 6.00. The summed E-state index contributed by atoms with van der Waals surface area (Å²) in [5, 5.41) is 0. The molecule has 1 fully saturated rings. The molecule has 2 heteroatoms. The van der Waals surface area contributed by atoms with Crippen molar-refractivity contribution < 1.29 is 9.59 Å². The molecule has 0 saturated heterocycles. The zero-order valence-corrected chi connectivity index (χ0v) is 6.39. The van der Waals surface area contributed by atoms with Gasteiger partial charge < -0.3 is 4.79 Å². The van der Waals surface area contributed by atoms with Crippen LogP contribution >= 0.6 is 0 Å². The van der Waals surface area contributed by atoms with Crippen molar-refractivity contribution in [1.82, 2.24) is 0 Å². The van der Waals surface area contributed by atoms with Gasteiger partial charge in [0.15, 0.2) is 0 Å². The molecule has 0 bridgehead atoms. The molecule has 0 aromatic heterocycles. The number of carbonyl (C=O) groups is 2. The van der Waals surface area contributed by atoms with Crippen LogP contribution in [-0.2, 0) is 9.59 Å². The zero-order chi connectivity index (χ0) is 7.78. The van der Waals surface area contributed by atoms with Gasteiger partial charge >= 0.3 is 0 Å². The lowest BCUT2D eigenvalue weighted by molar-refractivity contribution is -0.132. The summed E-state index contributed by atoms with van der Waals surface area (Å²) in [5.41, 5.74) is -0.653. The maximum absolute atomic E-state index is 11.2. The predicted molar refractivity (Wildman–Crippen MR) is 37.6 cm³/mol. The van der Waals surface area contributed by atoms with Crippen LogP contribution < -0.4 is 0 Å². The van der Waals surface area contributed by atoms with Crippen molar-refractivity contribution >= 4 is 12.1 Å². The zero-order valence-electron chi connectivity index (χ0n) is 6.39. The molecule has 10 heavy (non-hydrogen) atoms. The van der Waals surface area contributed by atoms with Crippen LogP contribution in [0.2, 0.25) is 0 Å². The summed E-state index contributed by atoms with van der Waals surface area (Å²) in [4.78, 5) is 21.7. The Kier molecular flexibility index (Phi) is 1.63. The van der Waals surface area contributed by atoms with Gasteiger partial charge in [0.05, 0.1) is 5.41 Å². The lowest BCUT2D eigenvalue weighted by Gasteiger charge is -2.11. The SMILES string of the molecule is CC1CCC(C)(C=O)C1=O. The number of Topliss-reactive ketones (excluding diaryl/α,β-unsaturated/α-hetero) is 1. The van der Waals surface area contributed by atoms with E-state index in [2.05, 4.69) is 0 Å². The molecule has 0 aromatic carbocycles. The molecule has 0 N–H and O–H groups in total. The van der Waals surface area contributed by atoms with E-state index in [1.807, 2.05) is 6.92 Å². The summed E-state index contributed by atoms with van der Waals surface area (Å²) >= 11 is 0. The van der Waals surface area contributed by atoms with Crippen LogP contribution in [-0.4, -0.2) is 12.1 Å². The van der Waals surface area contributed by atoms with Crippen LogP contribution in [0.25, 0.3) is 0 Å². The number of hydrogen-bond donors (Lipinski definition) is 0. The second kappa shape index (κ2) is 2.19. The first kappa shape index (κ1) is 7.45. The Morgan fingerprint density at radius 3 is 2.50 bits per heavy atom. The summed E-state index contributed by atoms with van der Waals surface area (Å²) in [6.45, 7) is 3.61. The molecule has 1 aliphatic carbocycles. The highest BCUT2D eigenvalue weighted by atomic mass is 16.1. The number of aldehydes is 1. The van der Waals surface area contributed by atoms with Crippen LogP contribution in [0.4, 0.5) is 0 Å². The fourth-order valence-corrected chi connectivity index (χ4v) is 1.45. The third-order valence-corrected chi connectivity index (χ3v) is 2.37. The van der Waals surface area contributed by atoms with Gasteiger partial charge in [-0.2, -0.15) is 0 Å². The molecule has 0 aromatic rings. The summed E-state index contributed by atoms with van der Waals surface area (Å²) in [6.07, 6.45) is 2.39. The van der Waals surface area contributed by atoms with E-state index in [1.54, 1.807) is 6.92 Å². The van der Waals surface area contributed by atoms with Gasteiger partial charge in [0.25, 0.3) is 0 Å². The minimum absolute atomic E-state index is 0.0928. The smallest absolute Gasteiger partial charge is 0.148 e. The third kappa shape index (κ3) is 0.877. The van der Waals surface area contributed by atoms with Crippen molar-refractivity contribution in [3.63, 3.8) is 0 Å². The van der Waals surface area contributed by atoms with Gasteiger partial charge in [0.2, 0.25) is 0 Å². The van der Waals surface area contributed by atoms with Gasteiger partial charge in [-0.3, -0.25) is 4.79 Å². The molecule has 0 radical (unpaired) electrons. The van der Waals surface area contributed by atoms with E-state index in [0.29, 0.717) is 0 Å². The first-order valence-electron chi connectivity index (χ1n) is 3.61. The van der Waals surface area contributed by atoms with Gasteiger partial charge in [-0.1, -0.05) is 6.92 Å². The number of carbonyl (C=O) groups excluding carboxylic acids is 2. The van der Waals surface area contributed by atoms with E-state index in [-0.39, 0.29) is 11.7 Å². The molecule has 0 aliphatic heterocycles. The second-order valence-corrected chi connectivity index (χ2v) is 3.34. The van der Waals surface area contributed by atoms with Crippen LogP contribution in [0, 0.1) is 11.3 Å². The number of ketones is 1. The fourth-order valence-electron chi connectivity index (χ4n) is 1.45. The van der Waals surface area contributed by atoms with Gasteiger partial charge in [0, 0.05) is 5.92 Å². The Hall–Kier alpha value is -0.660. The van der Waals surface area contributed by atoms with Crippen LogP contribution in [0.3, 0.4) is 0 Å². The Morgan fingerprint density at radius 1 is 1.70 bits per heavy atom. The molecular weight excluding hydrogens is 128 g/mol. The molecule has 0 spiro atoms. The normalized spacial score (nSPS) is 40.2. The third-order valence-electron chi connectivity index (χ3n) is 2.37. The molecule has 2 unspecified atom stereocenters. The van der Waals surface area contributed by atoms with Crippen molar-refractivity contribution in [2.75, 3.05) is 0 Å². The molecular formula is C8H12O2. The topological polar surface area (TPSA) is 34.1 Å². The summed E-state index contributed by atoms with van der Waals surface area (Å²) < 4.78 is 0. The van der Waals surface area contributed by atoms with E-state index < -0.39 is 5.41 Å². The molecule has 2 nitrogen and oxygen atoms in total.